The van der Waals surface area contributed by atoms with Crippen molar-refractivity contribution in [1.82, 2.24) is 19.9 Å². The van der Waals surface area contributed by atoms with Gasteiger partial charge < -0.3 is 9.64 Å². The molecular weight excluding hydrogens is 292 g/mol. The first-order valence-electron chi connectivity index (χ1n) is 7.97. The molecular formula is C17H22N4O2. The van der Waals surface area contributed by atoms with E-state index in [1.165, 1.54) is 5.56 Å². The van der Waals surface area contributed by atoms with Gasteiger partial charge in [0.05, 0.1) is 13.3 Å². The van der Waals surface area contributed by atoms with Gasteiger partial charge in [0, 0.05) is 26.1 Å². The summed E-state index contributed by atoms with van der Waals surface area (Å²) in [6.07, 6.45) is 4.92. The summed E-state index contributed by atoms with van der Waals surface area (Å²) in [7, 11) is 3.44. The molecule has 6 nitrogen and oxygen atoms in total. The average molecular weight is 314 g/mol. The van der Waals surface area contributed by atoms with Crippen molar-refractivity contribution in [3.8, 4) is 5.75 Å². The molecule has 1 amide bonds. The van der Waals surface area contributed by atoms with Crippen molar-refractivity contribution in [1.29, 1.82) is 0 Å². The molecule has 122 valence electrons. The zero-order valence-corrected chi connectivity index (χ0v) is 13.6. The third-order valence-electron chi connectivity index (χ3n) is 4.37. The fourth-order valence-electron chi connectivity index (χ4n) is 3.08. The van der Waals surface area contributed by atoms with Crippen LogP contribution in [0.2, 0.25) is 0 Å². The number of hydrogen-bond acceptors (Lipinski definition) is 4. The maximum absolute atomic E-state index is 12.6. The molecule has 23 heavy (non-hydrogen) atoms. The number of ether oxygens (including phenoxy) is 1. The number of likely N-dealkylation sites (tertiary alicyclic amines) is 1. The Morgan fingerprint density at radius 2 is 2.04 bits per heavy atom. The number of hydrogen-bond donors (Lipinski definition) is 0. The van der Waals surface area contributed by atoms with Gasteiger partial charge in [-0.15, -0.1) is 5.10 Å². The largest absolute Gasteiger partial charge is 0.497 e. The summed E-state index contributed by atoms with van der Waals surface area (Å²) in [6.45, 7) is 1.50. The van der Waals surface area contributed by atoms with Crippen LogP contribution in [0.1, 0.15) is 41.2 Å². The van der Waals surface area contributed by atoms with Crippen LogP contribution in [0.3, 0.4) is 0 Å². The Morgan fingerprint density at radius 1 is 1.26 bits per heavy atom. The Hall–Kier alpha value is -2.37. The molecule has 1 aliphatic rings. The van der Waals surface area contributed by atoms with Gasteiger partial charge in [0.25, 0.3) is 5.91 Å². The number of amides is 1. The lowest BCUT2D eigenvalue weighted by atomic mass is 9.94. The maximum atomic E-state index is 12.6. The predicted molar refractivity (Wildman–Crippen MR) is 86.5 cm³/mol. The van der Waals surface area contributed by atoms with E-state index in [1.54, 1.807) is 25.0 Å². The fourth-order valence-corrected chi connectivity index (χ4v) is 3.08. The summed E-state index contributed by atoms with van der Waals surface area (Å²) in [4.78, 5) is 14.5. The van der Waals surface area contributed by atoms with E-state index in [4.69, 9.17) is 4.74 Å². The van der Waals surface area contributed by atoms with E-state index in [1.807, 2.05) is 17.0 Å². The summed E-state index contributed by atoms with van der Waals surface area (Å²) < 4.78 is 6.78. The lowest BCUT2D eigenvalue weighted by Gasteiger charge is -2.24. The molecule has 0 spiro atoms. The molecule has 1 atom stereocenters. The van der Waals surface area contributed by atoms with Gasteiger partial charge in [-0.2, -0.15) is 0 Å². The highest BCUT2D eigenvalue weighted by atomic mass is 16.5. The number of carbonyl (C=O) groups excluding carboxylic acids is 1. The van der Waals surface area contributed by atoms with Crippen LogP contribution in [0.15, 0.2) is 30.5 Å². The van der Waals surface area contributed by atoms with Crippen LogP contribution in [0, 0.1) is 0 Å². The number of nitrogens with zero attached hydrogens (tertiary/aromatic N) is 4. The highest BCUT2D eigenvalue weighted by Gasteiger charge is 2.25. The van der Waals surface area contributed by atoms with Gasteiger partial charge >= 0.3 is 0 Å². The molecule has 2 aromatic rings. The van der Waals surface area contributed by atoms with E-state index < -0.39 is 0 Å². The molecule has 1 unspecified atom stereocenters. The molecule has 1 aliphatic heterocycles. The minimum atomic E-state index is -0.0292. The van der Waals surface area contributed by atoms with Crippen LogP contribution in [0.25, 0.3) is 0 Å². The van der Waals surface area contributed by atoms with Gasteiger partial charge in [0.2, 0.25) is 0 Å². The van der Waals surface area contributed by atoms with Gasteiger partial charge in [-0.25, -0.2) is 0 Å². The first kappa shape index (κ1) is 15.5. The van der Waals surface area contributed by atoms with Gasteiger partial charge in [0.15, 0.2) is 5.69 Å². The smallest absolute Gasteiger partial charge is 0.276 e. The third kappa shape index (κ3) is 3.52. The Balaban J connectivity index is 1.76. The first-order chi connectivity index (χ1) is 11.2. The van der Waals surface area contributed by atoms with Gasteiger partial charge in [-0.1, -0.05) is 23.8 Å². The van der Waals surface area contributed by atoms with Crippen LogP contribution in [0.5, 0.6) is 5.75 Å². The van der Waals surface area contributed by atoms with E-state index in [0.29, 0.717) is 11.6 Å². The van der Waals surface area contributed by atoms with E-state index in [2.05, 4.69) is 22.4 Å². The van der Waals surface area contributed by atoms with E-state index >= 15 is 0 Å². The second-order valence-electron chi connectivity index (χ2n) is 5.99. The van der Waals surface area contributed by atoms with Crippen molar-refractivity contribution < 1.29 is 9.53 Å². The summed E-state index contributed by atoms with van der Waals surface area (Å²) >= 11 is 0. The predicted octanol–water partition coefficient (Wildman–Crippen LogP) is 2.23. The Bertz CT molecular complexity index is 665. The minimum Gasteiger partial charge on any atom is -0.497 e. The molecule has 1 aromatic heterocycles. The van der Waals surface area contributed by atoms with Crippen LogP contribution in [-0.4, -0.2) is 46.0 Å². The summed E-state index contributed by atoms with van der Waals surface area (Å²) in [6, 6.07) is 8.16. The van der Waals surface area contributed by atoms with Gasteiger partial charge in [0.1, 0.15) is 5.75 Å². The molecule has 0 aliphatic carbocycles. The SMILES string of the molecule is COc1ccc(C2CCCCN(C(=O)c3cn(C)nn3)C2)cc1. The van der Waals surface area contributed by atoms with Crippen LogP contribution < -0.4 is 4.74 Å². The number of methoxy groups -OCH3 is 1. The second-order valence-corrected chi connectivity index (χ2v) is 5.99. The molecule has 1 fully saturated rings. The van der Waals surface area contributed by atoms with Crippen molar-refractivity contribution in [2.24, 2.45) is 7.05 Å². The number of benzene rings is 1. The number of carbonyl (C=O) groups is 1. The van der Waals surface area contributed by atoms with Crippen molar-refractivity contribution in [3.05, 3.63) is 41.7 Å². The maximum Gasteiger partial charge on any atom is 0.276 e. The molecule has 6 heteroatoms. The fraction of sp³-hybridized carbons (Fsp3) is 0.471. The van der Waals surface area contributed by atoms with Crippen molar-refractivity contribution in [2.45, 2.75) is 25.2 Å². The van der Waals surface area contributed by atoms with E-state index in [0.717, 1.165) is 38.1 Å². The Morgan fingerprint density at radius 3 is 2.70 bits per heavy atom. The first-order valence-corrected chi connectivity index (χ1v) is 7.97. The molecule has 1 aromatic carbocycles. The topological polar surface area (TPSA) is 60.2 Å². The van der Waals surface area contributed by atoms with Gasteiger partial charge in [-0.3, -0.25) is 9.48 Å². The van der Waals surface area contributed by atoms with E-state index in [9.17, 15) is 4.79 Å². The number of rotatable bonds is 3. The highest BCUT2D eigenvalue weighted by molar-refractivity contribution is 5.92. The zero-order valence-electron chi connectivity index (χ0n) is 13.6. The zero-order chi connectivity index (χ0) is 16.2. The molecule has 2 heterocycles. The van der Waals surface area contributed by atoms with Crippen molar-refractivity contribution >= 4 is 5.91 Å². The lowest BCUT2D eigenvalue weighted by molar-refractivity contribution is 0.0748. The summed E-state index contributed by atoms with van der Waals surface area (Å²) in [5.41, 5.74) is 1.67. The van der Waals surface area contributed by atoms with Crippen LogP contribution >= 0.6 is 0 Å². The van der Waals surface area contributed by atoms with E-state index in [-0.39, 0.29) is 5.91 Å². The number of aromatic nitrogens is 3. The minimum absolute atomic E-state index is 0.0292. The standard InChI is InChI=1S/C17H22N4O2/c1-20-12-16(18-19-20)17(22)21-10-4-3-5-14(11-21)13-6-8-15(23-2)9-7-13/h6-9,12,14H,3-5,10-11H2,1-2H3. The highest BCUT2D eigenvalue weighted by Crippen LogP contribution is 2.28. The molecule has 1 saturated heterocycles. The summed E-state index contributed by atoms with van der Waals surface area (Å²) in [5, 5.41) is 7.80. The molecule has 3 rings (SSSR count). The third-order valence-corrected chi connectivity index (χ3v) is 4.37. The quantitative estimate of drug-likeness (QED) is 0.871. The Kier molecular flexibility index (Phi) is 4.60. The van der Waals surface area contributed by atoms with Crippen molar-refractivity contribution in [3.63, 3.8) is 0 Å². The molecule has 0 bridgehead atoms. The molecule has 0 radical (unpaired) electrons. The Labute approximate surface area is 136 Å². The summed E-state index contributed by atoms with van der Waals surface area (Å²) in [5.74, 6) is 1.18. The lowest BCUT2D eigenvalue weighted by Crippen LogP contribution is -2.34. The molecule has 0 N–H and O–H groups in total. The van der Waals surface area contributed by atoms with Crippen LogP contribution in [0.4, 0.5) is 0 Å². The van der Waals surface area contributed by atoms with Gasteiger partial charge in [-0.05, 0) is 30.5 Å². The second kappa shape index (κ2) is 6.81. The average Bonchev–Trinajstić information content (AvgIpc) is 2.87. The van der Waals surface area contributed by atoms with Crippen molar-refractivity contribution in [2.75, 3.05) is 20.2 Å². The molecule has 0 saturated carbocycles. The monoisotopic (exact) mass is 314 g/mol. The number of aryl methyl sites for hydroxylation is 1. The van der Waals surface area contributed by atoms with Crippen LogP contribution in [-0.2, 0) is 7.05 Å². The normalized spacial score (nSPS) is 18.5.